The zero-order chi connectivity index (χ0) is 15.3. The standard InChI is InChI=1S/C9H20O6S4/c10-4-6(11)9(18,7(12)5-17)8(2-1-3-16)19(13,14)15/h6-8,10-12,16-18H,1-5H2,(H,13,14,15). The maximum absolute atomic E-state index is 11.5. The van der Waals surface area contributed by atoms with Gasteiger partial charge in [-0.3, -0.25) is 4.55 Å². The fraction of sp³-hybridized carbons (Fsp3) is 1.00. The van der Waals surface area contributed by atoms with Crippen molar-refractivity contribution >= 4 is 48.0 Å². The van der Waals surface area contributed by atoms with Crippen LogP contribution in [0.1, 0.15) is 12.8 Å². The fourth-order valence-electron chi connectivity index (χ4n) is 1.84. The van der Waals surface area contributed by atoms with Crippen molar-refractivity contribution in [1.29, 1.82) is 0 Å². The third-order valence-corrected chi connectivity index (χ3v) is 6.00. The summed E-state index contributed by atoms with van der Waals surface area (Å²) in [4.78, 5) is 0. The van der Waals surface area contributed by atoms with Crippen LogP contribution in [0, 0.1) is 0 Å². The number of hydrogen-bond acceptors (Lipinski definition) is 8. The van der Waals surface area contributed by atoms with Crippen molar-refractivity contribution in [1.82, 2.24) is 0 Å². The van der Waals surface area contributed by atoms with Crippen molar-refractivity contribution in [3.63, 3.8) is 0 Å². The first-order chi connectivity index (χ1) is 8.66. The van der Waals surface area contributed by atoms with Crippen molar-refractivity contribution in [2.24, 2.45) is 0 Å². The first kappa shape index (κ1) is 19.8. The lowest BCUT2D eigenvalue weighted by Gasteiger charge is -2.41. The largest absolute Gasteiger partial charge is 0.394 e. The van der Waals surface area contributed by atoms with Crippen molar-refractivity contribution in [2.45, 2.75) is 35.0 Å². The van der Waals surface area contributed by atoms with E-state index in [0.717, 1.165) is 0 Å². The Kier molecular flexibility index (Phi) is 8.69. The maximum Gasteiger partial charge on any atom is 0.269 e. The van der Waals surface area contributed by atoms with Gasteiger partial charge in [0.25, 0.3) is 10.1 Å². The number of hydrogen-bond donors (Lipinski definition) is 7. The van der Waals surface area contributed by atoms with Crippen molar-refractivity contribution < 1.29 is 28.3 Å². The van der Waals surface area contributed by atoms with Gasteiger partial charge in [0.05, 0.1) is 23.6 Å². The van der Waals surface area contributed by atoms with Gasteiger partial charge in [-0.1, -0.05) is 0 Å². The molecule has 0 aromatic rings. The zero-order valence-corrected chi connectivity index (χ0v) is 13.6. The van der Waals surface area contributed by atoms with E-state index in [1.807, 2.05) is 0 Å². The van der Waals surface area contributed by atoms with E-state index in [0.29, 0.717) is 12.2 Å². The summed E-state index contributed by atoms with van der Waals surface area (Å²) in [6, 6.07) is 0. The highest BCUT2D eigenvalue weighted by Gasteiger charge is 2.52. The first-order valence-electron chi connectivity index (χ1n) is 5.53. The van der Waals surface area contributed by atoms with E-state index in [-0.39, 0.29) is 12.2 Å². The molecular formula is C9H20O6S4. The number of thiol groups is 3. The predicted octanol–water partition coefficient (Wildman–Crippen LogP) is -0.735. The van der Waals surface area contributed by atoms with Crippen LogP contribution in [0.2, 0.25) is 0 Å². The molecular weight excluding hydrogens is 332 g/mol. The first-order valence-corrected chi connectivity index (χ1v) is 8.75. The summed E-state index contributed by atoms with van der Waals surface area (Å²) in [5, 5.41) is 27.2. The molecule has 0 aliphatic heterocycles. The zero-order valence-electron chi connectivity index (χ0n) is 10.1. The van der Waals surface area contributed by atoms with Crippen LogP contribution in [-0.4, -0.2) is 68.6 Å². The van der Waals surface area contributed by atoms with Gasteiger partial charge in [-0.05, 0) is 18.6 Å². The molecule has 0 spiro atoms. The van der Waals surface area contributed by atoms with Gasteiger partial charge in [0.15, 0.2) is 0 Å². The van der Waals surface area contributed by atoms with Crippen LogP contribution < -0.4 is 0 Å². The minimum atomic E-state index is -4.58. The second-order valence-corrected chi connectivity index (χ2v) is 7.34. The summed E-state index contributed by atoms with van der Waals surface area (Å²) in [5.74, 6) is 0.176. The van der Waals surface area contributed by atoms with E-state index in [1.54, 1.807) is 0 Å². The van der Waals surface area contributed by atoms with Crippen LogP contribution in [0.25, 0.3) is 0 Å². The Hall–Kier alpha value is 0.840. The van der Waals surface area contributed by atoms with E-state index in [1.165, 1.54) is 0 Å². The Bertz CT molecular complexity index is 350. The Balaban J connectivity index is 5.61. The summed E-state index contributed by atoms with van der Waals surface area (Å²) in [7, 11) is -4.58. The van der Waals surface area contributed by atoms with Gasteiger partial charge in [-0.2, -0.15) is 46.3 Å². The molecule has 10 heteroatoms. The molecule has 0 aliphatic carbocycles. The molecule has 0 aromatic heterocycles. The van der Waals surface area contributed by atoms with Crippen LogP contribution >= 0.6 is 37.9 Å². The highest BCUT2D eigenvalue weighted by atomic mass is 32.2. The number of rotatable bonds is 9. The predicted molar refractivity (Wildman–Crippen MR) is 83.1 cm³/mol. The van der Waals surface area contributed by atoms with E-state index in [2.05, 4.69) is 37.9 Å². The second-order valence-electron chi connectivity index (χ2n) is 4.15. The third-order valence-electron chi connectivity index (χ3n) is 2.91. The van der Waals surface area contributed by atoms with Crippen LogP contribution in [0.5, 0.6) is 0 Å². The molecule has 4 N–H and O–H groups in total. The molecule has 4 atom stereocenters. The normalized spacial score (nSPS) is 20.6. The molecule has 116 valence electrons. The van der Waals surface area contributed by atoms with Gasteiger partial charge in [0.2, 0.25) is 0 Å². The van der Waals surface area contributed by atoms with Crippen LogP contribution in [-0.2, 0) is 10.1 Å². The van der Waals surface area contributed by atoms with Gasteiger partial charge in [0, 0.05) is 5.75 Å². The summed E-state index contributed by atoms with van der Waals surface area (Å²) in [5.41, 5.74) is 0. The monoisotopic (exact) mass is 352 g/mol. The van der Waals surface area contributed by atoms with Crippen molar-refractivity contribution in [2.75, 3.05) is 18.1 Å². The quantitative estimate of drug-likeness (QED) is 0.217. The van der Waals surface area contributed by atoms with E-state index in [4.69, 9.17) is 5.11 Å². The molecule has 0 bridgehead atoms. The van der Waals surface area contributed by atoms with Crippen molar-refractivity contribution in [3.05, 3.63) is 0 Å². The van der Waals surface area contributed by atoms with Crippen molar-refractivity contribution in [3.8, 4) is 0 Å². The van der Waals surface area contributed by atoms with Crippen LogP contribution in [0.4, 0.5) is 0 Å². The molecule has 0 fully saturated rings. The van der Waals surface area contributed by atoms with E-state index in [9.17, 15) is 23.2 Å². The van der Waals surface area contributed by atoms with Gasteiger partial charge in [-0.25, -0.2) is 0 Å². The van der Waals surface area contributed by atoms with E-state index < -0.39 is 38.9 Å². The SMILES string of the molecule is O=S(=O)(O)C(CCCS)C(S)(C(O)CO)C(O)CS. The number of aliphatic hydroxyl groups excluding tert-OH is 3. The topological polar surface area (TPSA) is 115 Å². The molecule has 0 saturated heterocycles. The summed E-state index contributed by atoms with van der Waals surface area (Å²) < 4.78 is 30.3. The van der Waals surface area contributed by atoms with E-state index >= 15 is 0 Å². The average Bonchev–Trinajstić information content (AvgIpc) is 2.35. The molecule has 0 aromatic carbocycles. The fourth-order valence-corrected chi connectivity index (χ4v) is 4.43. The molecule has 0 rings (SSSR count). The Morgan fingerprint density at radius 1 is 1.16 bits per heavy atom. The Labute approximate surface area is 129 Å². The Morgan fingerprint density at radius 2 is 1.68 bits per heavy atom. The molecule has 0 heterocycles. The Morgan fingerprint density at radius 3 is 2.00 bits per heavy atom. The molecule has 0 amide bonds. The highest BCUT2D eigenvalue weighted by molar-refractivity contribution is 7.89. The smallest absolute Gasteiger partial charge is 0.269 e. The summed E-state index contributed by atoms with van der Waals surface area (Å²) in [6.07, 6.45) is -2.81. The van der Waals surface area contributed by atoms with Gasteiger partial charge >= 0.3 is 0 Å². The lowest BCUT2D eigenvalue weighted by Crippen LogP contribution is -2.60. The molecule has 0 aliphatic rings. The summed E-state index contributed by atoms with van der Waals surface area (Å²) in [6.45, 7) is -0.804. The number of aliphatic hydroxyl groups is 3. The lowest BCUT2D eigenvalue weighted by molar-refractivity contribution is 0.00972. The maximum atomic E-state index is 11.5. The highest BCUT2D eigenvalue weighted by Crippen LogP contribution is 2.35. The minimum Gasteiger partial charge on any atom is -0.394 e. The average molecular weight is 353 g/mol. The summed E-state index contributed by atoms with van der Waals surface area (Å²) >= 11 is 11.8. The molecule has 6 nitrogen and oxygen atoms in total. The molecule has 4 unspecified atom stereocenters. The van der Waals surface area contributed by atoms with Gasteiger partial charge in [-0.15, -0.1) is 0 Å². The molecule has 19 heavy (non-hydrogen) atoms. The van der Waals surface area contributed by atoms with Gasteiger partial charge in [0.1, 0.15) is 5.25 Å². The third kappa shape index (κ3) is 4.95. The van der Waals surface area contributed by atoms with Gasteiger partial charge < -0.3 is 15.3 Å². The lowest BCUT2D eigenvalue weighted by atomic mass is 9.89. The molecule has 0 saturated carbocycles. The minimum absolute atomic E-state index is 0.0618. The van der Waals surface area contributed by atoms with Crippen LogP contribution in [0.3, 0.4) is 0 Å². The van der Waals surface area contributed by atoms with Crippen LogP contribution in [0.15, 0.2) is 0 Å². The molecule has 0 radical (unpaired) electrons. The second kappa shape index (κ2) is 8.32.